The molecule has 0 bridgehead atoms. The quantitative estimate of drug-likeness (QED) is 0.543. The summed E-state index contributed by atoms with van der Waals surface area (Å²) in [4.78, 5) is 9.47. The molecular formula is C8H17NO4S. The number of nitrogens with two attached hydrogens (primary N) is 1. The summed E-state index contributed by atoms with van der Waals surface area (Å²) in [6.07, 6.45) is 2.10. The van der Waals surface area contributed by atoms with Crippen LogP contribution in [0.1, 0.15) is 20.8 Å². The van der Waals surface area contributed by atoms with E-state index in [1.165, 1.54) is 0 Å². The van der Waals surface area contributed by atoms with Crippen LogP contribution >= 0.6 is 0 Å². The number of primary amides is 1. The molecule has 0 aliphatic carbocycles. The zero-order valence-electron chi connectivity index (χ0n) is 8.90. The van der Waals surface area contributed by atoms with Gasteiger partial charge in [-0.3, -0.25) is 8.98 Å². The first-order valence-corrected chi connectivity index (χ1v) is 5.62. The highest BCUT2D eigenvalue weighted by Crippen LogP contribution is 2.09. The summed E-state index contributed by atoms with van der Waals surface area (Å²) < 4.78 is 25.4. The molecule has 0 aromatic rings. The molecule has 0 unspecified atom stereocenters. The third-order valence-corrected chi connectivity index (χ3v) is 1.41. The van der Waals surface area contributed by atoms with Crippen molar-refractivity contribution in [2.45, 2.75) is 26.4 Å². The minimum absolute atomic E-state index is 0.481. The maximum atomic E-state index is 10.4. The zero-order chi connectivity index (χ0) is 12.0. The SMILES string of the molecule is C=CC(N)=O.CC(C)(C)OS(C)(=O)=O. The summed E-state index contributed by atoms with van der Waals surface area (Å²) in [5.74, 6) is -0.481. The number of hydrogen-bond acceptors (Lipinski definition) is 4. The molecule has 5 nitrogen and oxygen atoms in total. The minimum atomic E-state index is -3.28. The molecule has 0 aromatic heterocycles. The van der Waals surface area contributed by atoms with E-state index in [0.29, 0.717) is 0 Å². The topological polar surface area (TPSA) is 86.5 Å². The van der Waals surface area contributed by atoms with Gasteiger partial charge in [0.05, 0.1) is 11.9 Å². The van der Waals surface area contributed by atoms with Gasteiger partial charge in [-0.15, -0.1) is 0 Å². The fourth-order valence-corrected chi connectivity index (χ4v) is 1.36. The predicted octanol–water partition coefficient (Wildman–Crippen LogP) is 0.419. The summed E-state index contributed by atoms with van der Waals surface area (Å²) >= 11 is 0. The molecule has 0 radical (unpaired) electrons. The standard InChI is InChI=1S/C5H12O3S.C3H5NO/c1-5(2,3)8-9(4,6)7;1-2-3(4)5/h1-4H3;2H,1H2,(H2,4,5). The molecule has 2 N–H and O–H groups in total. The first-order chi connectivity index (χ1) is 5.98. The lowest BCUT2D eigenvalue weighted by Gasteiger charge is -2.16. The Morgan fingerprint density at radius 1 is 1.43 bits per heavy atom. The van der Waals surface area contributed by atoms with Gasteiger partial charge in [-0.25, -0.2) is 0 Å². The molecule has 0 aromatic carbocycles. The zero-order valence-corrected chi connectivity index (χ0v) is 9.72. The van der Waals surface area contributed by atoms with Gasteiger partial charge in [-0.05, 0) is 26.8 Å². The van der Waals surface area contributed by atoms with Crippen LogP contribution in [0.3, 0.4) is 0 Å². The Kier molecular flexibility index (Phi) is 6.42. The van der Waals surface area contributed by atoms with Gasteiger partial charge in [0, 0.05) is 0 Å². The van der Waals surface area contributed by atoms with Crippen molar-refractivity contribution in [3.63, 3.8) is 0 Å². The number of rotatable bonds is 2. The molecule has 0 saturated carbocycles. The lowest BCUT2D eigenvalue weighted by molar-refractivity contribution is -0.113. The van der Waals surface area contributed by atoms with Gasteiger partial charge in [0.15, 0.2) is 0 Å². The van der Waals surface area contributed by atoms with Crippen LogP contribution in [0.15, 0.2) is 12.7 Å². The van der Waals surface area contributed by atoms with E-state index in [1.54, 1.807) is 20.8 Å². The van der Waals surface area contributed by atoms with Crippen LogP contribution in [0.4, 0.5) is 0 Å². The van der Waals surface area contributed by atoms with E-state index in [0.717, 1.165) is 12.3 Å². The highest BCUT2D eigenvalue weighted by atomic mass is 32.2. The Hall–Kier alpha value is -0.880. The average Bonchev–Trinajstić information content (AvgIpc) is 1.80. The van der Waals surface area contributed by atoms with Crippen molar-refractivity contribution >= 4 is 16.0 Å². The van der Waals surface area contributed by atoms with Gasteiger partial charge in [0.2, 0.25) is 5.91 Å². The van der Waals surface area contributed by atoms with Crippen molar-refractivity contribution in [2.75, 3.05) is 6.26 Å². The molecule has 0 aliphatic heterocycles. The molecule has 6 heteroatoms. The molecule has 0 heterocycles. The number of amides is 1. The van der Waals surface area contributed by atoms with Crippen molar-refractivity contribution in [1.29, 1.82) is 0 Å². The molecule has 0 aliphatic rings. The minimum Gasteiger partial charge on any atom is -0.366 e. The van der Waals surface area contributed by atoms with Gasteiger partial charge in [-0.2, -0.15) is 8.42 Å². The van der Waals surface area contributed by atoms with Gasteiger partial charge in [0.1, 0.15) is 0 Å². The summed E-state index contributed by atoms with van der Waals surface area (Å²) in [6, 6.07) is 0. The third-order valence-electron chi connectivity index (χ3n) is 0.603. The van der Waals surface area contributed by atoms with Crippen molar-refractivity contribution in [2.24, 2.45) is 5.73 Å². The monoisotopic (exact) mass is 223 g/mol. The van der Waals surface area contributed by atoms with Crippen LogP contribution in [0.5, 0.6) is 0 Å². The summed E-state index contributed by atoms with van der Waals surface area (Å²) in [5.41, 5.74) is 3.93. The second-order valence-corrected chi connectivity index (χ2v) is 5.08. The van der Waals surface area contributed by atoms with Crippen molar-refractivity contribution in [1.82, 2.24) is 0 Å². The van der Waals surface area contributed by atoms with Gasteiger partial charge < -0.3 is 5.73 Å². The van der Waals surface area contributed by atoms with E-state index in [2.05, 4.69) is 16.5 Å². The summed E-state index contributed by atoms with van der Waals surface area (Å²) in [6.45, 7) is 8.15. The van der Waals surface area contributed by atoms with Gasteiger partial charge >= 0.3 is 0 Å². The van der Waals surface area contributed by atoms with E-state index in [1.807, 2.05) is 0 Å². The van der Waals surface area contributed by atoms with E-state index in [-0.39, 0.29) is 0 Å². The first kappa shape index (κ1) is 15.6. The van der Waals surface area contributed by atoms with E-state index >= 15 is 0 Å². The Morgan fingerprint density at radius 3 is 1.71 bits per heavy atom. The fourth-order valence-electron chi connectivity index (χ4n) is 0.454. The maximum Gasteiger partial charge on any atom is 0.264 e. The Morgan fingerprint density at radius 2 is 1.71 bits per heavy atom. The highest BCUT2D eigenvalue weighted by Gasteiger charge is 2.16. The van der Waals surface area contributed by atoms with Crippen LogP contribution in [-0.2, 0) is 19.1 Å². The van der Waals surface area contributed by atoms with Crippen molar-refractivity contribution in [3.8, 4) is 0 Å². The molecule has 0 spiro atoms. The summed E-state index contributed by atoms with van der Waals surface area (Å²) in [7, 11) is -3.28. The molecular weight excluding hydrogens is 206 g/mol. The summed E-state index contributed by atoms with van der Waals surface area (Å²) in [5, 5.41) is 0. The second-order valence-electron chi connectivity index (χ2n) is 3.51. The molecule has 0 saturated heterocycles. The van der Waals surface area contributed by atoms with E-state index < -0.39 is 21.6 Å². The molecule has 84 valence electrons. The van der Waals surface area contributed by atoms with E-state index in [4.69, 9.17) is 0 Å². The predicted molar refractivity (Wildman–Crippen MR) is 55.1 cm³/mol. The lowest BCUT2D eigenvalue weighted by atomic mass is 10.2. The van der Waals surface area contributed by atoms with Crippen molar-refractivity contribution in [3.05, 3.63) is 12.7 Å². The molecule has 14 heavy (non-hydrogen) atoms. The molecule has 0 rings (SSSR count). The second kappa shape index (κ2) is 5.77. The fraction of sp³-hybridized carbons (Fsp3) is 0.625. The maximum absolute atomic E-state index is 10.4. The smallest absolute Gasteiger partial charge is 0.264 e. The van der Waals surface area contributed by atoms with Gasteiger partial charge in [0.25, 0.3) is 10.1 Å². The largest absolute Gasteiger partial charge is 0.366 e. The third kappa shape index (κ3) is 22.5. The lowest BCUT2D eigenvalue weighted by Crippen LogP contribution is -2.22. The normalized spacial score (nSPS) is 11.1. The van der Waals surface area contributed by atoms with Crippen LogP contribution in [0, 0.1) is 0 Å². The Bertz CT molecular complexity index is 287. The number of carbonyl (C=O) groups is 1. The molecule has 0 atom stereocenters. The van der Waals surface area contributed by atoms with Crippen LogP contribution in [-0.4, -0.2) is 26.2 Å². The average molecular weight is 223 g/mol. The van der Waals surface area contributed by atoms with Crippen LogP contribution in [0.2, 0.25) is 0 Å². The Balaban J connectivity index is 0. The van der Waals surface area contributed by atoms with Gasteiger partial charge in [-0.1, -0.05) is 6.58 Å². The number of carbonyl (C=O) groups excluding carboxylic acids is 1. The van der Waals surface area contributed by atoms with Crippen molar-refractivity contribution < 1.29 is 17.4 Å². The number of hydrogen-bond donors (Lipinski definition) is 1. The molecule has 0 fully saturated rings. The first-order valence-electron chi connectivity index (χ1n) is 3.80. The van der Waals surface area contributed by atoms with E-state index in [9.17, 15) is 13.2 Å². The Labute approximate surface area is 85.1 Å². The van der Waals surface area contributed by atoms with Crippen LogP contribution < -0.4 is 5.73 Å². The highest BCUT2D eigenvalue weighted by molar-refractivity contribution is 7.86. The molecule has 1 amide bonds. The van der Waals surface area contributed by atoms with Crippen LogP contribution in [0.25, 0.3) is 0 Å².